The first kappa shape index (κ1) is 18.3. The summed E-state index contributed by atoms with van der Waals surface area (Å²) in [6.45, 7) is 5.94. The van der Waals surface area contributed by atoms with E-state index in [1.807, 2.05) is 13.1 Å². The van der Waals surface area contributed by atoms with Crippen molar-refractivity contribution < 1.29 is 9.59 Å². The lowest BCUT2D eigenvalue weighted by atomic mass is 9.47. The maximum Gasteiger partial charge on any atom is 0.272 e. The van der Waals surface area contributed by atoms with Gasteiger partial charge in [-0.2, -0.15) is 5.10 Å². The quantitative estimate of drug-likeness (QED) is 0.793. The van der Waals surface area contributed by atoms with Gasteiger partial charge in [0.1, 0.15) is 5.82 Å². The lowest BCUT2D eigenvalue weighted by Crippen LogP contribution is -2.62. The number of hydrogen-bond acceptors (Lipinski definition) is 4. The summed E-state index contributed by atoms with van der Waals surface area (Å²) in [4.78, 5) is 27.2. The van der Waals surface area contributed by atoms with Crippen LogP contribution in [0.1, 0.15) is 56.4 Å². The van der Waals surface area contributed by atoms with Crippen molar-refractivity contribution in [1.82, 2.24) is 15.1 Å². The fourth-order valence-corrected chi connectivity index (χ4v) is 6.20. The minimum absolute atomic E-state index is 0.102. The van der Waals surface area contributed by atoms with Crippen molar-refractivity contribution in [3.63, 3.8) is 0 Å². The molecular weight excluding hydrogens is 342 g/mol. The van der Waals surface area contributed by atoms with Crippen LogP contribution in [0.5, 0.6) is 0 Å². The summed E-state index contributed by atoms with van der Waals surface area (Å²) in [5.74, 6) is 2.03. The van der Waals surface area contributed by atoms with Gasteiger partial charge in [0.05, 0.1) is 0 Å². The number of nitrogens with one attached hydrogen (secondary N) is 1. The molecular formula is C20H31N5O2. The highest BCUT2D eigenvalue weighted by atomic mass is 16.2. The van der Waals surface area contributed by atoms with Crippen LogP contribution in [0.3, 0.4) is 0 Å². The van der Waals surface area contributed by atoms with Crippen molar-refractivity contribution in [1.29, 1.82) is 0 Å². The molecule has 7 heteroatoms. The Labute approximate surface area is 160 Å². The summed E-state index contributed by atoms with van der Waals surface area (Å²) >= 11 is 0. The number of amides is 2. The first-order chi connectivity index (χ1) is 12.9. The van der Waals surface area contributed by atoms with Crippen LogP contribution in [0.15, 0.2) is 6.07 Å². The van der Waals surface area contributed by atoms with E-state index >= 15 is 0 Å². The van der Waals surface area contributed by atoms with Crippen molar-refractivity contribution in [2.24, 2.45) is 36.0 Å². The number of aryl methyl sites for hydroxylation is 1. The van der Waals surface area contributed by atoms with E-state index in [-0.39, 0.29) is 23.3 Å². The molecule has 4 aliphatic rings. The highest BCUT2D eigenvalue weighted by Crippen LogP contribution is 2.59. The Balaban J connectivity index is 1.50. The molecule has 0 saturated heterocycles. The molecule has 0 radical (unpaired) electrons. The van der Waals surface area contributed by atoms with Crippen molar-refractivity contribution in [2.45, 2.75) is 52.0 Å². The molecule has 0 aliphatic heterocycles. The minimum atomic E-state index is -0.321. The zero-order chi connectivity index (χ0) is 19.3. The van der Waals surface area contributed by atoms with Gasteiger partial charge in [0, 0.05) is 37.7 Å². The van der Waals surface area contributed by atoms with Crippen LogP contribution in [0.4, 0.5) is 5.82 Å². The van der Waals surface area contributed by atoms with Gasteiger partial charge in [-0.05, 0) is 63.7 Å². The number of nitrogens with two attached hydrogens (primary N) is 1. The fourth-order valence-electron chi connectivity index (χ4n) is 6.20. The summed E-state index contributed by atoms with van der Waals surface area (Å²) in [7, 11) is 1.88. The van der Waals surface area contributed by atoms with Crippen molar-refractivity contribution >= 4 is 17.6 Å². The normalized spacial score (nSPS) is 33.9. The van der Waals surface area contributed by atoms with Crippen molar-refractivity contribution in [3.05, 3.63) is 11.8 Å². The second-order valence-electron chi connectivity index (χ2n) is 8.80. The number of hydrogen-bond donors (Lipinski definition) is 2. The summed E-state index contributed by atoms with van der Waals surface area (Å²) in [5.41, 5.74) is 5.91. The molecule has 4 fully saturated rings. The second kappa shape index (κ2) is 6.53. The third-order valence-electron chi connectivity index (χ3n) is 7.27. The topological polar surface area (TPSA) is 93.2 Å². The standard InChI is InChI=1S/C20H31N5O2/c1-4-25(5-2)16-8-15(23-24(16)3)18(26)22-17-13-6-12-7-14(17)11-20(9-12,10-13)19(21)27/h8,12-14,17H,4-7,9-11H2,1-3H3,(H2,21,27)(H,22,26)/t12?,13?,14?,17-,20-. The van der Waals surface area contributed by atoms with Gasteiger partial charge in [0.15, 0.2) is 5.69 Å². The van der Waals surface area contributed by atoms with Crippen molar-refractivity contribution in [3.8, 4) is 0 Å². The molecule has 1 aromatic heterocycles. The van der Waals surface area contributed by atoms with E-state index in [1.165, 1.54) is 0 Å². The fraction of sp³-hybridized carbons (Fsp3) is 0.750. The van der Waals surface area contributed by atoms with Crippen LogP contribution in [0, 0.1) is 23.2 Å². The van der Waals surface area contributed by atoms with Crippen molar-refractivity contribution in [2.75, 3.05) is 18.0 Å². The van der Waals surface area contributed by atoms with Gasteiger partial charge in [-0.3, -0.25) is 14.3 Å². The molecule has 0 spiro atoms. The number of carbonyl (C=O) groups excluding carboxylic acids is 2. The van der Waals surface area contributed by atoms with E-state index in [0.29, 0.717) is 23.4 Å². The molecule has 1 heterocycles. The van der Waals surface area contributed by atoms with Gasteiger partial charge in [-0.1, -0.05) is 0 Å². The zero-order valence-electron chi connectivity index (χ0n) is 16.6. The molecule has 5 rings (SSSR count). The molecule has 2 unspecified atom stereocenters. The van der Waals surface area contributed by atoms with Crippen LogP contribution < -0.4 is 16.0 Å². The number of nitrogens with zero attached hydrogens (tertiary/aromatic N) is 3. The predicted molar refractivity (Wildman–Crippen MR) is 103 cm³/mol. The molecule has 4 aliphatic carbocycles. The van der Waals surface area contributed by atoms with E-state index in [4.69, 9.17) is 5.73 Å². The molecule has 2 atom stereocenters. The van der Waals surface area contributed by atoms with E-state index < -0.39 is 0 Å². The van der Waals surface area contributed by atoms with Gasteiger partial charge in [-0.25, -0.2) is 0 Å². The van der Waals surface area contributed by atoms with Crippen LogP contribution in [0.25, 0.3) is 0 Å². The van der Waals surface area contributed by atoms with E-state index in [9.17, 15) is 9.59 Å². The first-order valence-corrected chi connectivity index (χ1v) is 10.3. The molecule has 4 bridgehead atoms. The Kier molecular flexibility index (Phi) is 4.43. The Hall–Kier alpha value is -2.05. The number of carbonyl (C=O) groups is 2. The maximum absolute atomic E-state index is 12.9. The monoisotopic (exact) mass is 373 g/mol. The van der Waals surface area contributed by atoms with Gasteiger partial charge in [-0.15, -0.1) is 0 Å². The molecule has 7 nitrogen and oxygen atoms in total. The average molecular weight is 374 g/mol. The van der Waals surface area contributed by atoms with Crippen LogP contribution >= 0.6 is 0 Å². The first-order valence-electron chi connectivity index (χ1n) is 10.3. The Morgan fingerprint density at radius 2 is 1.89 bits per heavy atom. The van der Waals surface area contributed by atoms with E-state index in [1.54, 1.807) is 4.68 Å². The zero-order valence-corrected chi connectivity index (χ0v) is 16.6. The summed E-state index contributed by atoms with van der Waals surface area (Å²) in [6.07, 6.45) is 4.80. The van der Waals surface area contributed by atoms with E-state index in [0.717, 1.165) is 51.0 Å². The lowest BCUT2D eigenvalue weighted by molar-refractivity contribution is -0.145. The van der Waals surface area contributed by atoms with Crippen LogP contribution in [-0.4, -0.2) is 40.7 Å². The molecule has 2 amide bonds. The van der Waals surface area contributed by atoms with Gasteiger partial charge in [0.25, 0.3) is 5.91 Å². The third-order valence-corrected chi connectivity index (χ3v) is 7.27. The lowest BCUT2D eigenvalue weighted by Gasteiger charge is -2.58. The Morgan fingerprint density at radius 1 is 1.26 bits per heavy atom. The third kappa shape index (κ3) is 2.91. The molecule has 3 N–H and O–H groups in total. The molecule has 27 heavy (non-hydrogen) atoms. The average Bonchev–Trinajstić information content (AvgIpc) is 3.00. The van der Waals surface area contributed by atoms with Crippen LogP contribution in [-0.2, 0) is 11.8 Å². The number of aromatic nitrogens is 2. The smallest absolute Gasteiger partial charge is 0.272 e. The Morgan fingerprint density at radius 3 is 2.44 bits per heavy atom. The summed E-state index contributed by atoms with van der Waals surface area (Å²) in [5, 5.41) is 7.71. The SMILES string of the molecule is CCN(CC)c1cc(C(=O)N[C@H]2C3CC4CC2C[C@](C(N)=O)(C4)C3)nn1C. The maximum atomic E-state index is 12.9. The summed E-state index contributed by atoms with van der Waals surface area (Å²) in [6, 6.07) is 2.02. The van der Waals surface area contributed by atoms with Gasteiger partial charge in [0.2, 0.25) is 5.91 Å². The van der Waals surface area contributed by atoms with Gasteiger partial charge < -0.3 is 16.0 Å². The number of rotatable bonds is 6. The number of primary amides is 1. The molecule has 0 aromatic carbocycles. The van der Waals surface area contributed by atoms with E-state index in [2.05, 4.69) is 29.2 Å². The Bertz CT molecular complexity index is 738. The molecule has 148 valence electrons. The molecule has 1 aromatic rings. The predicted octanol–water partition coefficient (Wildman–Crippen LogP) is 1.68. The molecule has 4 saturated carbocycles. The minimum Gasteiger partial charge on any atom is -0.369 e. The summed E-state index contributed by atoms with van der Waals surface area (Å²) < 4.78 is 1.78. The second-order valence-corrected chi connectivity index (χ2v) is 8.80. The highest BCUT2D eigenvalue weighted by molar-refractivity contribution is 5.93. The largest absolute Gasteiger partial charge is 0.369 e. The van der Waals surface area contributed by atoms with Crippen LogP contribution in [0.2, 0.25) is 0 Å². The highest BCUT2D eigenvalue weighted by Gasteiger charge is 2.58. The number of anilines is 1. The van der Waals surface area contributed by atoms with Gasteiger partial charge >= 0.3 is 0 Å².